The number of nitrogens with one attached hydrogen (secondary N) is 2. The normalized spacial score (nSPS) is 17.2. The van der Waals surface area contributed by atoms with Crippen LogP contribution in [0.1, 0.15) is 48.0 Å². The van der Waals surface area contributed by atoms with Crippen LogP contribution in [-0.4, -0.2) is 23.8 Å². The van der Waals surface area contributed by atoms with Gasteiger partial charge >= 0.3 is 0 Å². The maximum Gasteiger partial charge on any atom is 0.283 e. The maximum absolute atomic E-state index is 13.1. The number of benzene rings is 2. The summed E-state index contributed by atoms with van der Waals surface area (Å²) in [5, 5.41) is 6.23. The largest absolute Gasteiger partial charge is 0.350 e. The van der Waals surface area contributed by atoms with Crippen LogP contribution in [-0.2, 0) is 9.59 Å². The Kier molecular flexibility index (Phi) is 6.53. The predicted molar refractivity (Wildman–Crippen MR) is 126 cm³/mol. The zero-order valence-corrected chi connectivity index (χ0v) is 19.1. The van der Waals surface area contributed by atoms with E-state index in [1.54, 1.807) is 49.4 Å². The highest BCUT2D eigenvalue weighted by atomic mass is 35.5. The van der Waals surface area contributed by atoms with Gasteiger partial charge in [-0.3, -0.25) is 14.4 Å². The van der Waals surface area contributed by atoms with Crippen LogP contribution in [0.4, 0.5) is 11.4 Å². The van der Waals surface area contributed by atoms with Crippen molar-refractivity contribution in [2.45, 2.75) is 45.1 Å². The molecule has 0 bridgehead atoms. The molecule has 1 aliphatic carbocycles. The summed E-state index contributed by atoms with van der Waals surface area (Å²) in [7, 11) is 0. The Balaban J connectivity index is 1.53. The van der Waals surface area contributed by atoms with Crippen molar-refractivity contribution < 1.29 is 14.4 Å². The monoisotopic (exact) mass is 471 g/mol. The highest BCUT2D eigenvalue weighted by Gasteiger charge is 2.39. The Morgan fingerprint density at radius 3 is 2.47 bits per heavy atom. The fraction of sp³-hybridized carbons (Fsp3) is 0.292. The van der Waals surface area contributed by atoms with E-state index in [-0.39, 0.29) is 22.7 Å². The van der Waals surface area contributed by atoms with Crippen molar-refractivity contribution in [3.05, 3.63) is 69.3 Å². The first-order valence-electron chi connectivity index (χ1n) is 10.6. The van der Waals surface area contributed by atoms with Gasteiger partial charge in [0.2, 0.25) is 0 Å². The highest BCUT2D eigenvalue weighted by Crippen LogP contribution is 2.34. The molecule has 0 spiro atoms. The van der Waals surface area contributed by atoms with Crippen molar-refractivity contribution in [1.29, 1.82) is 0 Å². The van der Waals surface area contributed by atoms with E-state index >= 15 is 0 Å². The van der Waals surface area contributed by atoms with E-state index in [9.17, 15) is 14.4 Å². The molecule has 32 heavy (non-hydrogen) atoms. The van der Waals surface area contributed by atoms with Gasteiger partial charge in [-0.1, -0.05) is 54.6 Å². The predicted octanol–water partition coefficient (Wildman–Crippen LogP) is 5.15. The molecule has 1 fully saturated rings. The summed E-state index contributed by atoms with van der Waals surface area (Å²) in [6.45, 7) is 1.73. The summed E-state index contributed by atoms with van der Waals surface area (Å²) in [5.41, 5.74) is 1.89. The third kappa shape index (κ3) is 4.38. The molecule has 3 amide bonds. The molecule has 4 rings (SSSR count). The molecule has 2 aromatic rings. The van der Waals surface area contributed by atoms with Gasteiger partial charge in [0.15, 0.2) is 0 Å². The van der Waals surface area contributed by atoms with Crippen molar-refractivity contribution in [2.75, 3.05) is 10.2 Å². The van der Waals surface area contributed by atoms with Gasteiger partial charge < -0.3 is 10.6 Å². The Morgan fingerprint density at radius 2 is 1.72 bits per heavy atom. The number of nitrogens with zero attached hydrogens (tertiary/aromatic N) is 1. The number of carbonyl (C=O) groups is 3. The summed E-state index contributed by atoms with van der Waals surface area (Å²) in [6.07, 6.45) is 5.43. The first kappa shape index (κ1) is 22.4. The molecule has 0 saturated heterocycles. The van der Waals surface area contributed by atoms with Crippen LogP contribution in [0, 0.1) is 6.92 Å². The van der Waals surface area contributed by atoms with Crippen LogP contribution in [0.5, 0.6) is 0 Å². The molecule has 1 saturated carbocycles. The first-order valence-corrected chi connectivity index (χ1v) is 11.3. The van der Waals surface area contributed by atoms with E-state index in [0.29, 0.717) is 27.5 Å². The van der Waals surface area contributed by atoms with Gasteiger partial charge in [0.05, 0.1) is 5.69 Å². The fourth-order valence-electron chi connectivity index (χ4n) is 4.07. The van der Waals surface area contributed by atoms with Crippen LogP contribution < -0.4 is 15.5 Å². The van der Waals surface area contributed by atoms with E-state index < -0.39 is 11.8 Å². The first-order chi connectivity index (χ1) is 15.4. The van der Waals surface area contributed by atoms with Crippen molar-refractivity contribution in [2.24, 2.45) is 0 Å². The number of amides is 3. The minimum atomic E-state index is -0.629. The van der Waals surface area contributed by atoms with Crippen LogP contribution >= 0.6 is 23.2 Å². The quantitative estimate of drug-likeness (QED) is 0.591. The number of hydrogen-bond acceptors (Lipinski definition) is 4. The zero-order valence-electron chi connectivity index (χ0n) is 17.6. The number of halogens is 2. The zero-order chi connectivity index (χ0) is 22.8. The number of imide groups is 1. The van der Waals surface area contributed by atoms with E-state index in [1.165, 1.54) is 6.42 Å². The van der Waals surface area contributed by atoms with Crippen LogP contribution in [0.2, 0.25) is 5.02 Å². The lowest BCUT2D eigenvalue weighted by Gasteiger charge is -2.22. The molecule has 2 N–H and O–H groups in total. The molecule has 1 heterocycles. The summed E-state index contributed by atoms with van der Waals surface area (Å²) in [5.74, 6) is -1.37. The molecule has 2 aliphatic rings. The summed E-state index contributed by atoms with van der Waals surface area (Å²) < 4.78 is 0. The van der Waals surface area contributed by atoms with E-state index in [4.69, 9.17) is 23.2 Å². The van der Waals surface area contributed by atoms with E-state index in [1.807, 2.05) is 0 Å². The summed E-state index contributed by atoms with van der Waals surface area (Å²) in [4.78, 5) is 39.5. The van der Waals surface area contributed by atoms with Gasteiger partial charge in [0, 0.05) is 22.3 Å². The van der Waals surface area contributed by atoms with E-state index in [2.05, 4.69) is 10.6 Å². The molecule has 0 radical (unpaired) electrons. The van der Waals surface area contributed by atoms with E-state index in [0.717, 1.165) is 30.6 Å². The van der Waals surface area contributed by atoms with Gasteiger partial charge in [-0.25, -0.2) is 4.90 Å². The number of hydrogen-bond donors (Lipinski definition) is 2. The molecule has 0 atom stereocenters. The molecule has 6 nitrogen and oxygen atoms in total. The molecule has 1 aliphatic heterocycles. The second-order valence-electron chi connectivity index (χ2n) is 8.03. The van der Waals surface area contributed by atoms with Gasteiger partial charge in [0.25, 0.3) is 17.7 Å². The second-order valence-corrected chi connectivity index (χ2v) is 8.82. The third-order valence-electron chi connectivity index (χ3n) is 5.84. The van der Waals surface area contributed by atoms with Gasteiger partial charge in [-0.2, -0.15) is 0 Å². The lowest BCUT2D eigenvalue weighted by Crippen LogP contribution is -2.36. The molecular weight excluding hydrogens is 449 g/mol. The minimum absolute atomic E-state index is 0.0409. The van der Waals surface area contributed by atoms with Crippen LogP contribution in [0.3, 0.4) is 0 Å². The number of anilines is 2. The Hall–Kier alpha value is -2.83. The molecule has 8 heteroatoms. The maximum atomic E-state index is 13.1. The number of rotatable bonds is 5. The molecule has 0 unspecified atom stereocenters. The molecule has 166 valence electrons. The lowest BCUT2D eigenvalue weighted by molar-refractivity contribution is -0.120. The Bertz CT molecular complexity index is 1120. The average molecular weight is 472 g/mol. The van der Waals surface area contributed by atoms with Crippen molar-refractivity contribution in [3.63, 3.8) is 0 Å². The average Bonchev–Trinajstić information content (AvgIpc) is 3.00. The third-order valence-corrected chi connectivity index (χ3v) is 6.60. The Morgan fingerprint density at radius 1 is 1.00 bits per heavy atom. The molecule has 0 aromatic heterocycles. The van der Waals surface area contributed by atoms with Gasteiger partial charge in [-0.05, 0) is 55.7 Å². The number of carbonyl (C=O) groups excluding carboxylic acids is 3. The van der Waals surface area contributed by atoms with Gasteiger partial charge in [0.1, 0.15) is 10.7 Å². The molecule has 2 aromatic carbocycles. The standard InChI is InChI=1S/C24H23Cl2N3O3/c1-14-18(25)11-6-12-19(14)29-23(31)20(26)21(24(29)32)27-17-10-5-7-15(13-17)22(30)28-16-8-3-2-4-9-16/h5-7,10-13,16,27H,2-4,8-9H2,1H3,(H,28,30). The minimum Gasteiger partial charge on any atom is -0.350 e. The van der Waals surface area contributed by atoms with Gasteiger partial charge in [-0.15, -0.1) is 0 Å². The lowest BCUT2D eigenvalue weighted by atomic mass is 9.95. The van der Waals surface area contributed by atoms with Crippen LogP contribution in [0.25, 0.3) is 0 Å². The summed E-state index contributed by atoms with van der Waals surface area (Å²) in [6, 6.07) is 12.0. The second kappa shape index (κ2) is 9.35. The van der Waals surface area contributed by atoms with Crippen molar-refractivity contribution in [1.82, 2.24) is 5.32 Å². The topological polar surface area (TPSA) is 78.5 Å². The SMILES string of the molecule is Cc1c(Cl)cccc1N1C(=O)C(Cl)=C(Nc2cccc(C(=O)NC3CCCCC3)c2)C1=O. The highest BCUT2D eigenvalue weighted by molar-refractivity contribution is 6.53. The smallest absolute Gasteiger partial charge is 0.283 e. The Labute approximate surface area is 196 Å². The van der Waals surface area contributed by atoms with Crippen molar-refractivity contribution >= 4 is 52.3 Å². The van der Waals surface area contributed by atoms with Crippen LogP contribution in [0.15, 0.2) is 53.2 Å². The molecular formula is C24H23Cl2N3O3. The summed E-state index contributed by atoms with van der Waals surface area (Å²) >= 11 is 12.4. The van der Waals surface area contributed by atoms with Crippen molar-refractivity contribution in [3.8, 4) is 0 Å². The fourth-order valence-corrected chi connectivity index (χ4v) is 4.45.